The highest BCUT2D eigenvalue weighted by Gasteiger charge is 2.66. The maximum absolute atomic E-state index is 13.4. The highest BCUT2D eigenvalue weighted by atomic mass is 35.5. The molecule has 3 aromatic rings. The van der Waals surface area contributed by atoms with Crippen molar-refractivity contribution in [3.05, 3.63) is 92.9 Å². The Labute approximate surface area is 200 Å². The molecular formula is C24H17Cl3N2O3. The van der Waals surface area contributed by atoms with E-state index in [-0.39, 0.29) is 18.4 Å². The Kier molecular flexibility index (Phi) is 5.08. The molecule has 2 atom stereocenters. The topological polar surface area (TPSA) is 49.9 Å². The Bertz CT molecular complexity index is 1230. The van der Waals surface area contributed by atoms with E-state index >= 15 is 0 Å². The zero-order valence-electron chi connectivity index (χ0n) is 16.9. The molecule has 0 bridgehead atoms. The van der Waals surface area contributed by atoms with Gasteiger partial charge in [-0.25, -0.2) is 0 Å². The molecule has 1 saturated heterocycles. The number of β-lactam (4-membered cyclic amide) rings is 1. The number of carbonyl (C=O) groups excluding carboxylic acids is 2. The van der Waals surface area contributed by atoms with Gasteiger partial charge >= 0.3 is 0 Å². The van der Waals surface area contributed by atoms with E-state index < -0.39 is 11.6 Å². The molecule has 0 radical (unpaired) electrons. The van der Waals surface area contributed by atoms with Crippen LogP contribution in [0.4, 0.5) is 5.69 Å². The monoisotopic (exact) mass is 486 g/mol. The van der Waals surface area contributed by atoms with Crippen LogP contribution in [0.2, 0.25) is 15.1 Å². The molecule has 2 aliphatic heterocycles. The number of hydrogen-bond acceptors (Lipinski definition) is 3. The number of rotatable bonds is 3. The molecule has 8 heteroatoms. The molecule has 0 saturated carbocycles. The number of amides is 2. The van der Waals surface area contributed by atoms with E-state index in [9.17, 15) is 9.59 Å². The molecular weight excluding hydrogens is 471 g/mol. The molecule has 0 N–H and O–H groups in total. The van der Waals surface area contributed by atoms with Crippen LogP contribution < -0.4 is 9.64 Å². The summed E-state index contributed by atoms with van der Waals surface area (Å²) >= 11 is 18.7. The summed E-state index contributed by atoms with van der Waals surface area (Å²) in [5, 5.41) is 1.28. The third-order valence-corrected chi connectivity index (χ3v) is 6.67. The van der Waals surface area contributed by atoms with Crippen molar-refractivity contribution in [3.63, 3.8) is 0 Å². The summed E-state index contributed by atoms with van der Waals surface area (Å²) in [5.74, 6) is -0.146. The molecule has 0 aromatic heterocycles. The quantitative estimate of drug-likeness (QED) is 0.480. The fraction of sp³-hybridized carbons (Fsp3) is 0.167. The number of fused-ring (bicyclic) bond motifs is 3. The van der Waals surface area contributed by atoms with Crippen molar-refractivity contribution in [3.8, 4) is 5.75 Å². The van der Waals surface area contributed by atoms with Gasteiger partial charge in [0.15, 0.2) is 0 Å². The van der Waals surface area contributed by atoms with Crippen molar-refractivity contribution in [2.24, 2.45) is 0 Å². The molecule has 2 aliphatic rings. The van der Waals surface area contributed by atoms with Gasteiger partial charge in [-0.2, -0.15) is 0 Å². The van der Waals surface area contributed by atoms with Crippen LogP contribution in [0.5, 0.6) is 5.75 Å². The summed E-state index contributed by atoms with van der Waals surface area (Å²) < 4.78 is 6.24. The Morgan fingerprint density at radius 3 is 2.28 bits per heavy atom. The zero-order chi connectivity index (χ0) is 22.6. The first-order valence-electron chi connectivity index (χ1n) is 9.88. The molecule has 162 valence electrons. The number of anilines is 1. The van der Waals surface area contributed by atoms with Gasteiger partial charge in [-0.3, -0.25) is 9.59 Å². The molecule has 5 nitrogen and oxygen atoms in total. The third kappa shape index (κ3) is 3.07. The van der Waals surface area contributed by atoms with E-state index in [1.807, 2.05) is 30.3 Å². The van der Waals surface area contributed by atoms with Crippen LogP contribution >= 0.6 is 34.8 Å². The molecule has 2 heterocycles. The van der Waals surface area contributed by atoms with Crippen LogP contribution in [0.3, 0.4) is 0 Å². The summed E-state index contributed by atoms with van der Waals surface area (Å²) in [6.45, 7) is -0.0906. The van der Waals surface area contributed by atoms with Crippen molar-refractivity contribution in [1.29, 1.82) is 0 Å². The fourth-order valence-corrected chi connectivity index (χ4v) is 5.24. The van der Waals surface area contributed by atoms with Gasteiger partial charge in [0, 0.05) is 33.4 Å². The van der Waals surface area contributed by atoms with Gasteiger partial charge < -0.3 is 14.5 Å². The number of halogens is 3. The molecule has 2 amide bonds. The normalized spacial score (nSPS) is 22.1. The fourth-order valence-electron chi connectivity index (χ4n) is 4.56. The first-order valence-corrected chi connectivity index (χ1v) is 11.0. The van der Waals surface area contributed by atoms with Gasteiger partial charge in [-0.1, -0.05) is 65.1 Å². The van der Waals surface area contributed by atoms with Crippen molar-refractivity contribution in [2.45, 2.75) is 11.6 Å². The van der Waals surface area contributed by atoms with E-state index in [2.05, 4.69) is 0 Å². The second kappa shape index (κ2) is 7.69. The second-order valence-electron chi connectivity index (χ2n) is 7.77. The summed E-state index contributed by atoms with van der Waals surface area (Å²) in [7, 11) is 1.69. The summed E-state index contributed by atoms with van der Waals surface area (Å²) in [6, 6.07) is 19.6. The maximum Gasteiger partial charge on any atom is 0.268 e. The molecule has 0 spiro atoms. The lowest BCUT2D eigenvalue weighted by Gasteiger charge is -2.56. The van der Waals surface area contributed by atoms with Crippen molar-refractivity contribution in [1.82, 2.24) is 4.90 Å². The molecule has 32 heavy (non-hydrogen) atoms. The summed E-state index contributed by atoms with van der Waals surface area (Å²) in [6.07, 6.45) is -0.948. The van der Waals surface area contributed by atoms with Gasteiger partial charge in [-0.05, 0) is 42.0 Å². The van der Waals surface area contributed by atoms with E-state index in [4.69, 9.17) is 39.5 Å². The highest BCUT2D eigenvalue weighted by Crippen LogP contribution is 2.53. The molecule has 0 unspecified atom stereocenters. The SMILES string of the molecule is CN1C(=O)CN2C(=O)[C@@H](Oc3cc(Cl)cc(Cl)c3)[C@@]2(c2ccccc2)c2cc(Cl)ccc21. The van der Waals surface area contributed by atoms with E-state index in [1.54, 1.807) is 53.2 Å². The molecule has 3 aromatic carbocycles. The molecule has 0 aliphatic carbocycles. The lowest BCUT2D eigenvalue weighted by atomic mass is 9.69. The maximum atomic E-state index is 13.4. The average molecular weight is 488 g/mol. The standard InChI is InChI=1S/C24H17Cl3N2O3/c1-28-20-8-7-15(25)12-19(20)24(14-5-3-2-4-6-14)22(23(31)29(24)13-21(28)30)32-18-10-16(26)9-17(27)11-18/h2-12,22H,13H2,1H3/t22-,24-/m1/s1. The van der Waals surface area contributed by atoms with E-state index in [0.717, 1.165) is 5.56 Å². The Morgan fingerprint density at radius 1 is 0.906 bits per heavy atom. The predicted octanol–water partition coefficient (Wildman–Crippen LogP) is 5.16. The van der Waals surface area contributed by atoms with Gasteiger partial charge in [0.1, 0.15) is 17.8 Å². The Balaban J connectivity index is 1.76. The summed E-state index contributed by atoms with van der Waals surface area (Å²) in [5.41, 5.74) is 1.12. The number of nitrogens with zero attached hydrogens (tertiary/aromatic N) is 2. The minimum Gasteiger partial charge on any atom is -0.477 e. The van der Waals surface area contributed by atoms with Crippen LogP contribution in [0.15, 0.2) is 66.7 Å². The number of benzene rings is 3. The van der Waals surface area contributed by atoms with Crippen LogP contribution in [0, 0.1) is 0 Å². The van der Waals surface area contributed by atoms with Crippen LogP contribution in [-0.4, -0.2) is 36.4 Å². The van der Waals surface area contributed by atoms with Gasteiger partial charge in [0.2, 0.25) is 12.0 Å². The first-order chi connectivity index (χ1) is 15.3. The number of likely N-dealkylation sites (N-methyl/N-ethyl adjacent to an activating group) is 1. The average Bonchev–Trinajstić information content (AvgIpc) is 2.84. The number of ether oxygens (including phenoxy) is 1. The third-order valence-electron chi connectivity index (χ3n) is 6.00. The van der Waals surface area contributed by atoms with Gasteiger partial charge in [-0.15, -0.1) is 0 Å². The Hall–Kier alpha value is -2.73. The first kappa shape index (κ1) is 21.1. The number of hydrogen-bond donors (Lipinski definition) is 0. The molecule has 5 rings (SSSR count). The van der Waals surface area contributed by atoms with Crippen LogP contribution in [-0.2, 0) is 15.1 Å². The minimum absolute atomic E-state index is 0.0906. The summed E-state index contributed by atoms with van der Waals surface area (Å²) in [4.78, 5) is 29.4. The van der Waals surface area contributed by atoms with Crippen molar-refractivity contribution < 1.29 is 14.3 Å². The smallest absolute Gasteiger partial charge is 0.268 e. The minimum atomic E-state index is -1.06. The second-order valence-corrected chi connectivity index (χ2v) is 9.08. The predicted molar refractivity (Wildman–Crippen MR) is 125 cm³/mol. The number of carbonyl (C=O) groups is 2. The van der Waals surface area contributed by atoms with Gasteiger partial charge in [0.05, 0.1) is 0 Å². The largest absolute Gasteiger partial charge is 0.477 e. The van der Waals surface area contributed by atoms with Crippen molar-refractivity contribution >= 4 is 52.3 Å². The Morgan fingerprint density at radius 2 is 1.59 bits per heavy atom. The van der Waals surface area contributed by atoms with Gasteiger partial charge in [0.25, 0.3) is 5.91 Å². The lowest BCUT2D eigenvalue weighted by Crippen LogP contribution is -2.74. The molecule has 1 fully saturated rings. The van der Waals surface area contributed by atoms with E-state index in [0.29, 0.717) is 32.1 Å². The van der Waals surface area contributed by atoms with Crippen LogP contribution in [0.1, 0.15) is 11.1 Å². The van der Waals surface area contributed by atoms with Crippen molar-refractivity contribution in [2.75, 3.05) is 18.5 Å². The van der Waals surface area contributed by atoms with E-state index in [1.165, 1.54) is 0 Å². The highest BCUT2D eigenvalue weighted by molar-refractivity contribution is 6.34. The lowest BCUT2D eigenvalue weighted by molar-refractivity contribution is -0.177. The zero-order valence-corrected chi connectivity index (χ0v) is 19.2. The van der Waals surface area contributed by atoms with Crippen LogP contribution in [0.25, 0.3) is 0 Å².